The molecule has 2 N–H and O–H groups in total. The smallest absolute Gasteiger partial charge is 0.340 e. The first-order valence-electron chi connectivity index (χ1n) is 7.78. The topological polar surface area (TPSA) is 91.5 Å². The number of ketones is 1. The van der Waals surface area contributed by atoms with Gasteiger partial charge in [-0.3, -0.25) is 14.5 Å². The highest BCUT2D eigenvalue weighted by Gasteiger charge is 2.30. The highest BCUT2D eigenvalue weighted by atomic mass is 16.5. The van der Waals surface area contributed by atoms with Crippen molar-refractivity contribution < 1.29 is 19.1 Å². The highest BCUT2D eigenvalue weighted by Crippen LogP contribution is 2.21. The molecule has 0 aromatic carbocycles. The summed E-state index contributed by atoms with van der Waals surface area (Å²) in [6.45, 7) is 8.65. The Hall–Kier alpha value is -2.15. The molecule has 0 bridgehead atoms. The van der Waals surface area contributed by atoms with Gasteiger partial charge >= 0.3 is 5.97 Å². The fraction of sp³-hybridized carbons (Fsp3) is 0.562. The van der Waals surface area contributed by atoms with Crippen LogP contribution < -0.4 is 5.32 Å². The number of nitrogens with zero attached hydrogens (tertiary/aromatic N) is 1. The van der Waals surface area contributed by atoms with E-state index in [4.69, 9.17) is 4.74 Å². The number of aromatic nitrogens is 1. The first kappa shape index (κ1) is 17.2. The summed E-state index contributed by atoms with van der Waals surface area (Å²) >= 11 is 0. The summed E-state index contributed by atoms with van der Waals surface area (Å²) in [5.74, 6) is -0.638. The van der Waals surface area contributed by atoms with Crippen LogP contribution in [0.2, 0.25) is 0 Å². The zero-order valence-electron chi connectivity index (χ0n) is 14.0. The fourth-order valence-corrected chi connectivity index (χ4v) is 2.87. The molecule has 0 spiro atoms. The number of esters is 1. The second kappa shape index (κ2) is 6.95. The van der Waals surface area contributed by atoms with Gasteiger partial charge in [0.2, 0.25) is 5.91 Å². The Bertz CT molecular complexity index is 636. The van der Waals surface area contributed by atoms with Crippen LogP contribution >= 0.6 is 0 Å². The molecule has 7 nitrogen and oxygen atoms in total. The van der Waals surface area contributed by atoms with Crippen molar-refractivity contribution in [2.24, 2.45) is 0 Å². The Morgan fingerprint density at radius 1 is 1.35 bits per heavy atom. The Balaban J connectivity index is 2.24. The largest absolute Gasteiger partial charge is 0.462 e. The maximum absolute atomic E-state index is 12.8. The number of piperazine rings is 1. The van der Waals surface area contributed by atoms with Crippen molar-refractivity contribution in [1.82, 2.24) is 15.2 Å². The predicted molar refractivity (Wildman–Crippen MR) is 84.6 cm³/mol. The Labute approximate surface area is 135 Å². The van der Waals surface area contributed by atoms with Crippen LogP contribution in [0, 0.1) is 13.8 Å². The van der Waals surface area contributed by atoms with Gasteiger partial charge in [-0.25, -0.2) is 4.79 Å². The lowest BCUT2D eigenvalue weighted by Gasteiger charge is -2.30. The number of carbonyl (C=O) groups excluding carboxylic acids is 3. The van der Waals surface area contributed by atoms with Gasteiger partial charge in [0.05, 0.1) is 30.5 Å². The van der Waals surface area contributed by atoms with E-state index in [1.807, 2.05) is 4.90 Å². The molecule has 1 aliphatic rings. The quantitative estimate of drug-likeness (QED) is 0.618. The summed E-state index contributed by atoms with van der Waals surface area (Å²) in [6, 6.07) is -0.437. The molecule has 23 heavy (non-hydrogen) atoms. The van der Waals surface area contributed by atoms with Crippen molar-refractivity contribution in [3.63, 3.8) is 0 Å². The molecule has 0 unspecified atom stereocenters. The van der Waals surface area contributed by atoms with Crippen LogP contribution in [0.25, 0.3) is 0 Å². The number of rotatable bonds is 5. The van der Waals surface area contributed by atoms with Crippen molar-refractivity contribution in [3.8, 4) is 0 Å². The molecule has 1 atom stereocenters. The van der Waals surface area contributed by atoms with Crippen molar-refractivity contribution in [1.29, 1.82) is 0 Å². The van der Waals surface area contributed by atoms with Crippen LogP contribution in [0.3, 0.4) is 0 Å². The maximum Gasteiger partial charge on any atom is 0.340 e. The molecule has 0 aliphatic carbocycles. The third-order valence-electron chi connectivity index (χ3n) is 4.16. The predicted octanol–water partition coefficient (Wildman–Crippen LogP) is 0.811. The van der Waals surface area contributed by atoms with Gasteiger partial charge in [0, 0.05) is 18.8 Å². The lowest BCUT2D eigenvalue weighted by molar-refractivity contribution is -0.124. The van der Waals surface area contributed by atoms with Crippen LogP contribution in [0.5, 0.6) is 0 Å². The maximum atomic E-state index is 12.8. The number of Topliss-reactive ketones (excluding diaryl/α,β-unsaturated/α-hetero) is 1. The SMILES string of the molecule is CCOC(=O)c1c(C)[nH]c(C(=O)[C@H](C)N2CCNC(=O)C2)c1C. The van der Waals surface area contributed by atoms with Gasteiger partial charge in [0.25, 0.3) is 0 Å². The normalized spacial score (nSPS) is 16.8. The number of aryl methyl sites for hydroxylation is 1. The first-order valence-corrected chi connectivity index (χ1v) is 7.78. The molecular weight excluding hydrogens is 298 g/mol. The zero-order chi connectivity index (χ0) is 17.1. The van der Waals surface area contributed by atoms with Gasteiger partial charge in [-0.05, 0) is 33.3 Å². The molecule has 1 aromatic rings. The van der Waals surface area contributed by atoms with Gasteiger partial charge in [0.1, 0.15) is 0 Å². The Kier molecular flexibility index (Phi) is 5.20. The number of nitrogens with one attached hydrogen (secondary N) is 2. The summed E-state index contributed by atoms with van der Waals surface area (Å²) in [6.07, 6.45) is 0. The summed E-state index contributed by atoms with van der Waals surface area (Å²) in [7, 11) is 0. The molecule has 1 fully saturated rings. The third kappa shape index (κ3) is 3.44. The van der Waals surface area contributed by atoms with Gasteiger partial charge in [-0.1, -0.05) is 0 Å². The lowest BCUT2D eigenvalue weighted by atomic mass is 10.0. The van der Waals surface area contributed by atoms with E-state index >= 15 is 0 Å². The minimum absolute atomic E-state index is 0.0810. The van der Waals surface area contributed by atoms with E-state index in [0.717, 1.165) is 0 Å². The van der Waals surface area contributed by atoms with E-state index in [1.165, 1.54) is 0 Å². The van der Waals surface area contributed by atoms with Gasteiger partial charge in [0.15, 0.2) is 5.78 Å². The summed E-state index contributed by atoms with van der Waals surface area (Å²) in [5, 5.41) is 2.74. The molecule has 2 heterocycles. The van der Waals surface area contributed by atoms with Crippen molar-refractivity contribution >= 4 is 17.7 Å². The van der Waals surface area contributed by atoms with E-state index < -0.39 is 12.0 Å². The molecule has 7 heteroatoms. The second-order valence-corrected chi connectivity index (χ2v) is 5.71. The number of H-pyrrole nitrogens is 1. The lowest BCUT2D eigenvalue weighted by Crippen LogP contribution is -2.53. The van der Waals surface area contributed by atoms with E-state index in [2.05, 4.69) is 10.3 Å². The first-order chi connectivity index (χ1) is 10.9. The average molecular weight is 321 g/mol. The summed E-state index contributed by atoms with van der Waals surface area (Å²) < 4.78 is 5.04. The number of hydrogen-bond donors (Lipinski definition) is 2. The summed E-state index contributed by atoms with van der Waals surface area (Å²) in [5.41, 5.74) is 2.04. The minimum Gasteiger partial charge on any atom is -0.462 e. The monoisotopic (exact) mass is 321 g/mol. The Morgan fingerprint density at radius 3 is 2.65 bits per heavy atom. The molecule has 0 saturated carbocycles. The van der Waals surface area contributed by atoms with Crippen molar-refractivity contribution in [3.05, 3.63) is 22.5 Å². The Morgan fingerprint density at radius 2 is 2.04 bits per heavy atom. The molecule has 0 radical (unpaired) electrons. The van der Waals surface area contributed by atoms with E-state index in [1.54, 1.807) is 27.7 Å². The third-order valence-corrected chi connectivity index (χ3v) is 4.16. The molecule has 126 valence electrons. The molecule has 1 amide bonds. The fourth-order valence-electron chi connectivity index (χ4n) is 2.87. The van der Waals surface area contributed by atoms with Crippen LogP contribution in [0.4, 0.5) is 0 Å². The number of hydrogen-bond acceptors (Lipinski definition) is 5. The number of carbonyl (C=O) groups is 3. The number of aromatic amines is 1. The second-order valence-electron chi connectivity index (χ2n) is 5.71. The van der Waals surface area contributed by atoms with Crippen LogP contribution in [0.1, 0.15) is 46.0 Å². The van der Waals surface area contributed by atoms with E-state index in [0.29, 0.717) is 35.6 Å². The summed E-state index contributed by atoms with van der Waals surface area (Å²) in [4.78, 5) is 41.1. The average Bonchev–Trinajstić information content (AvgIpc) is 2.81. The zero-order valence-corrected chi connectivity index (χ0v) is 14.0. The molecule has 1 aromatic heterocycles. The van der Waals surface area contributed by atoms with Crippen LogP contribution in [-0.2, 0) is 9.53 Å². The van der Waals surface area contributed by atoms with Crippen LogP contribution in [0.15, 0.2) is 0 Å². The minimum atomic E-state index is -0.437. The molecule has 1 saturated heterocycles. The molecule has 1 aliphatic heterocycles. The van der Waals surface area contributed by atoms with Crippen LogP contribution in [-0.4, -0.2) is 59.8 Å². The standard InChI is InChI=1S/C16H23N3O4/c1-5-23-16(22)13-9(2)14(18-10(13)3)15(21)11(4)19-7-6-17-12(20)8-19/h11,18H,5-8H2,1-4H3,(H,17,20)/t11-/m0/s1. The van der Waals surface area contributed by atoms with Gasteiger partial charge < -0.3 is 15.0 Å². The van der Waals surface area contributed by atoms with Gasteiger partial charge in [-0.2, -0.15) is 0 Å². The molecule has 2 rings (SSSR count). The highest BCUT2D eigenvalue weighted by molar-refractivity contribution is 6.04. The van der Waals surface area contributed by atoms with Crippen molar-refractivity contribution in [2.75, 3.05) is 26.2 Å². The number of ether oxygens (including phenoxy) is 1. The van der Waals surface area contributed by atoms with Gasteiger partial charge in [-0.15, -0.1) is 0 Å². The van der Waals surface area contributed by atoms with Crippen molar-refractivity contribution in [2.45, 2.75) is 33.7 Å². The van der Waals surface area contributed by atoms with E-state index in [-0.39, 0.29) is 24.8 Å². The van der Waals surface area contributed by atoms with E-state index in [9.17, 15) is 14.4 Å². The number of amides is 1. The molecular formula is C16H23N3O4.